The average Bonchev–Trinajstić information content (AvgIpc) is 2.94. The van der Waals surface area contributed by atoms with E-state index in [1.807, 2.05) is 0 Å². The second-order valence-electron chi connectivity index (χ2n) is 5.10. The maximum Gasteiger partial charge on any atom is 0.418 e. The van der Waals surface area contributed by atoms with E-state index >= 15 is 0 Å². The molecule has 0 amide bonds. The molecule has 126 valence electrons. The highest BCUT2D eigenvalue weighted by Gasteiger charge is 2.53. The highest BCUT2D eigenvalue weighted by atomic mass is 35.5. The van der Waals surface area contributed by atoms with Gasteiger partial charge in [0, 0.05) is 17.4 Å². The lowest BCUT2D eigenvalue weighted by Crippen LogP contribution is -2.30. The summed E-state index contributed by atoms with van der Waals surface area (Å²) in [6, 6.07) is 1.52. The number of rotatable bonds is 1. The molecule has 3 rings (SSSR count). The molecule has 0 saturated heterocycles. The van der Waals surface area contributed by atoms with E-state index in [0.717, 1.165) is 4.57 Å². The number of nitrogens with one attached hydrogen (secondary N) is 1. The fraction of sp³-hybridized carbons (Fsp3) is 0.214. The maximum atomic E-state index is 13.6. The first-order chi connectivity index (χ1) is 11.1. The van der Waals surface area contributed by atoms with Crippen molar-refractivity contribution in [3.63, 3.8) is 0 Å². The molecule has 4 nitrogen and oxygen atoms in total. The molecule has 24 heavy (non-hydrogen) atoms. The van der Waals surface area contributed by atoms with Crippen LogP contribution in [0.15, 0.2) is 24.4 Å². The van der Waals surface area contributed by atoms with Crippen LogP contribution in [0.4, 0.5) is 27.8 Å². The predicted molar refractivity (Wildman–Crippen MR) is 74.0 cm³/mol. The molecule has 1 aliphatic rings. The molecular weight excluding hydrogens is 357 g/mol. The number of aliphatic hydroxyl groups is 1. The van der Waals surface area contributed by atoms with Crippen molar-refractivity contribution in [2.24, 2.45) is 0 Å². The molecule has 1 aliphatic heterocycles. The summed E-state index contributed by atoms with van der Waals surface area (Å²) in [4.78, 5) is 0. The first kappa shape index (κ1) is 16.5. The van der Waals surface area contributed by atoms with Crippen molar-refractivity contribution in [2.75, 3.05) is 5.32 Å². The molecule has 2 heterocycles. The van der Waals surface area contributed by atoms with Crippen LogP contribution in [-0.4, -0.2) is 15.7 Å². The highest BCUT2D eigenvalue weighted by Crippen LogP contribution is 2.50. The number of benzene rings is 1. The van der Waals surface area contributed by atoms with Gasteiger partial charge >= 0.3 is 12.2 Å². The Balaban J connectivity index is 2.24. The zero-order chi connectivity index (χ0) is 17.9. The highest BCUT2D eigenvalue weighted by molar-refractivity contribution is 6.31. The number of nitriles is 1. The van der Waals surface area contributed by atoms with Crippen LogP contribution in [0.5, 0.6) is 0 Å². The number of anilines is 1. The zero-order valence-corrected chi connectivity index (χ0v) is 12.3. The van der Waals surface area contributed by atoms with Crippen LogP contribution in [-0.2, 0) is 6.18 Å². The van der Waals surface area contributed by atoms with E-state index < -0.39 is 35.3 Å². The van der Waals surface area contributed by atoms with Gasteiger partial charge in [0.1, 0.15) is 11.9 Å². The Morgan fingerprint density at radius 3 is 2.54 bits per heavy atom. The SMILES string of the molecule is N#Cc1ccc(-n2cc(C(F)(F)F)c3c2NC(F)(F)C3O)cc1Cl. The van der Waals surface area contributed by atoms with Gasteiger partial charge in [0.15, 0.2) is 6.10 Å². The summed E-state index contributed by atoms with van der Waals surface area (Å²) in [6.45, 7) is 0. The van der Waals surface area contributed by atoms with E-state index in [4.69, 9.17) is 16.9 Å². The van der Waals surface area contributed by atoms with Gasteiger partial charge < -0.3 is 15.0 Å². The lowest BCUT2D eigenvalue weighted by Gasteiger charge is -2.17. The Morgan fingerprint density at radius 1 is 1.33 bits per heavy atom. The van der Waals surface area contributed by atoms with Crippen molar-refractivity contribution in [3.05, 3.63) is 46.1 Å². The summed E-state index contributed by atoms with van der Waals surface area (Å²) < 4.78 is 67.4. The number of aliphatic hydroxyl groups excluding tert-OH is 1. The van der Waals surface area contributed by atoms with Gasteiger partial charge in [-0.3, -0.25) is 0 Å². The van der Waals surface area contributed by atoms with Gasteiger partial charge in [0.25, 0.3) is 0 Å². The molecule has 0 aliphatic carbocycles. The van der Waals surface area contributed by atoms with Crippen molar-refractivity contribution in [1.82, 2.24) is 4.57 Å². The minimum Gasteiger partial charge on any atom is -0.380 e. The number of alkyl halides is 5. The minimum atomic E-state index is -4.94. The minimum absolute atomic E-state index is 0.0307. The molecule has 0 spiro atoms. The van der Waals surface area contributed by atoms with Crippen molar-refractivity contribution in [3.8, 4) is 11.8 Å². The van der Waals surface area contributed by atoms with Gasteiger partial charge in [-0.15, -0.1) is 0 Å². The summed E-state index contributed by atoms with van der Waals surface area (Å²) in [7, 11) is 0. The van der Waals surface area contributed by atoms with Crippen LogP contribution in [0.1, 0.15) is 22.8 Å². The van der Waals surface area contributed by atoms with Gasteiger partial charge in [-0.05, 0) is 18.2 Å². The van der Waals surface area contributed by atoms with Crippen LogP contribution in [0.25, 0.3) is 5.69 Å². The van der Waals surface area contributed by atoms with Crippen LogP contribution in [0.3, 0.4) is 0 Å². The van der Waals surface area contributed by atoms with E-state index in [-0.39, 0.29) is 16.3 Å². The molecule has 1 aromatic carbocycles. The summed E-state index contributed by atoms with van der Waals surface area (Å²) in [6.07, 6.45) is -6.98. The Bertz CT molecular complexity index is 869. The Hall–Kier alpha value is -2.31. The summed E-state index contributed by atoms with van der Waals surface area (Å²) in [5.41, 5.74) is -2.20. The van der Waals surface area contributed by atoms with Crippen LogP contribution >= 0.6 is 11.6 Å². The second kappa shape index (κ2) is 5.09. The molecule has 10 heteroatoms. The van der Waals surface area contributed by atoms with Gasteiger partial charge in [-0.1, -0.05) is 11.6 Å². The molecule has 0 saturated carbocycles. The van der Waals surface area contributed by atoms with Crippen molar-refractivity contribution in [2.45, 2.75) is 18.3 Å². The number of halogens is 6. The standard InChI is InChI=1S/C14H7ClF5N3O/c15-9-3-7(2-1-6(9)4-21)23-5-8(13(16,17)18)10-11(24)14(19,20)22-12(10)23/h1-3,5,11,22,24H. The van der Waals surface area contributed by atoms with Crippen LogP contribution < -0.4 is 5.32 Å². The van der Waals surface area contributed by atoms with Crippen molar-refractivity contribution in [1.29, 1.82) is 5.26 Å². The molecular formula is C14H7ClF5N3O. The third kappa shape index (κ3) is 2.39. The fourth-order valence-electron chi connectivity index (χ4n) is 2.51. The van der Waals surface area contributed by atoms with E-state index in [2.05, 4.69) is 0 Å². The van der Waals surface area contributed by atoms with Gasteiger partial charge in [-0.2, -0.15) is 27.2 Å². The Labute approximate surface area is 136 Å². The lowest BCUT2D eigenvalue weighted by molar-refractivity contribution is -0.141. The predicted octanol–water partition coefficient (Wildman–Crippen LogP) is 4.07. The van der Waals surface area contributed by atoms with Crippen LogP contribution in [0.2, 0.25) is 5.02 Å². The first-order valence-electron chi connectivity index (χ1n) is 6.43. The monoisotopic (exact) mass is 363 g/mol. The number of hydrogen-bond donors (Lipinski definition) is 2. The average molecular weight is 364 g/mol. The normalized spacial score (nSPS) is 18.8. The van der Waals surface area contributed by atoms with E-state index in [1.54, 1.807) is 11.4 Å². The fourth-order valence-corrected chi connectivity index (χ4v) is 2.72. The van der Waals surface area contributed by atoms with Gasteiger partial charge in [0.05, 0.1) is 16.1 Å². The molecule has 1 atom stereocenters. The van der Waals surface area contributed by atoms with Gasteiger partial charge in [0.2, 0.25) is 0 Å². The van der Waals surface area contributed by atoms with Crippen molar-refractivity contribution >= 4 is 17.4 Å². The number of aromatic nitrogens is 1. The molecule has 1 unspecified atom stereocenters. The second-order valence-corrected chi connectivity index (χ2v) is 5.51. The topological polar surface area (TPSA) is 61.0 Å². The zero-order valence-electron chi connectivity index (χ0n) is 11.5. The summed E-state index contributed by atoms with van der Waals surface area (Å²) in [5.74, 6) is -0.583. The lowest BCUT2D eigenvalue weighted by atomic mass is 10.1. The third-order valence-electron chi connectivity index (χ3n) is 3.60. The van der Waals surface area contributed by atoms with Gasteiger partial charge in [-0.25, -0.2) is 0 Å². The number of nitrogens with zero attached hydrogens (tertiary/aromatic N) is 2. The quantitative estimate of drug-likeness (QED) is 0.593. The van der Waals surface area contributed by atoms with E-state index in [9.17, 15) is 27.1 Å². The summed E-state index contributed by atoms with van der Waals surface area (Å²) in [5, 5.41) is 19.9. The van der Waals surface area contributed by atoms with Crippen LogP contribution in [0, 0.1) is 11.3 Å². The van der Waals surface area contributed by atoms with Crippen molar-refractivity contribution < 1.29 is 27.1 Å². The third-order valence-corrected chi connectivity index (χ3v) is 3.92. The summed E-state index contributed by atoms with van der Waals surface area (Å²) >= 11 is 5.84. The van der Waals surface area contributed by atoms with E-state index in [1.165, 1.54) is 18.2 Å². The Morgan fingerprint density at radius 2 is 2.00 bits per heavy atom. The largest absolute Gasteiger partial charge is 0.418 e. The number of hydrogen-bond acceptors (Lipinski definition) is 3. The first-order valence-corrected chi connectivity index (χ1v) is 6.80. The Kier molecular flexibility index (Phi) is 3.51. The molecule has 0 radical (unpaired) electrons. The number of fused-ring (bicyclic) bond motifs is 1. The molecule has 2 aromatic rings. The van der Waals surface area contributed by atoms with E-state index in [0.29, 0.717) is 6.20 Å². The maximum absolute atomic E-state index is 13.6. The smallest absolute Gasteiger partial charge is 0.380 e. The molecule has 1 aromatic heterocycles. The molecule has 0 bridgehead atoms. The molecule has 0 fully saturated rings. The molecule has 2 N–H and O–H groups in total.